The Morgan fingerprint density at radius 1 is 1.08 bits per heavy atom. The molecule has 0 fully saturated rings. The molecule has 0 radical (unpaired) electrons. The van der Waals surface area contributed by atoms with Crippen molar-refractivity contribution in [3.63, 3.8) is 0 Å². The molecule has 0 aliphatic carbocycles. The van der Waals surface area contributed by atoms with Crippen LogP contribution in [-0.4, -0.2) is 26.6 Å². The molecule has 0 saturated carbocycles. The summed E-state index contributed by atoms with van der Waals surface area (Å²) >= 11 is 0. The van der Waals surface area contributed by atoms with Crippen molar-refractivity contribution in [2.45, 2.75) is 34.6 Å². The van der Waals surface area contributed by atoms with Gasteiger partial charge in [0.05, 0.1) is 5.69 Å². The number of ketones is 1. The molecule has 0 bridgehead atoms. The van der Waals surface area contributed by atoms with Crippen LogP contribution in [-0.2, 0) is 0 Å². The number of carbonyl (C=O) groups excluding carboxylic acids is 1. The topological polar surface area (TPSA) is 89.3 Å². The van der Waals surface area contributed by atoms with Gasteiger partial charge < -0.3 is 5.11 Å². The summed E-state index contributed by atoms with van der Waals surface area (Å²) in [7, 11) is 0. The lowest BCUT2D eigenvalue weighted by Gasteiger charge is -2.17. The molecule has 0 aliphatic heterocycles. The number of carbonyl (C=O) groups is 2. The minimum Gasteiger partial charge on any atom is -0.477 e. The van der Waals surface area contributed by atoms with Crippen LogP contribution in [0.1, 0.15) is 52.7 Å². The van der Waals surface area contributed by atoms with Crippen molar-refractivity contribution in [3.8, 4) is 5.69 Å². The maximum Gasteiger partial charge on any atom is 0.341 e. The zero-order valence-electron chi connectivity index (χ0n) is 14.4. The third-order valence-electron chi connectivity index (χ3n) is 3.79. The molecule has 0 unspecified atom stereocenters. The van der Waals surface area contributed by atoms with E-state index in [0.717, 1.165) is 21.9 Å². The zero-order valence-corrected chi connectivity index (χ0v) is 14.4. The van der Waals surface area contributed by atoms with Gasteiger partial charge >= 0.3 is 5.97 Å². The van der Waals surface area contributed by atoms with E-state index in [0.29, 0.717) is 5.69 Å². The SMILES string of the molecule is Cc1ccc(-n2nc(C(=O)C(C)(C)C)cc(C(=O)O)c2=O)cc1C. The van der Waals surface area contributed by atoms with Crippen LogP contribution in [0.4, 0.5) is 0 Å². The Morgan fingerprint density at radius 3 is 2.21 bits per heavy atom. The molecule has 1 aromatic carbocycles. The quantitative estimate of drug-likeness (QED) is 0.875. The molecular weight excluding hydrogens is 308 g/mol. The average molecular weight is 328 g/mol. The second kappa shape index (κ2) is 6.03. The van der Waals surface area contributed by atoms with Crippen LogP contribution in [0, 0.1) is 19.3 Å². The highest BCUT2D eigenvalue weighted by Gasteiger charge is 2.27. The van der Waals surface area contributed by atoms with E-state index in [4.69, 9.17) is 0 Å². The summed E-state index contributed by atoms with van der Waals surface area (Å²) in [5, 5.41) is 13.4. The van der Waals surface area contributed by atoms with Crippen molar-refractivity contribution in [2.24, 2.45) is 5.41 Å². The lowest BCUT2D eigenvalue weighted by atomic mass is 9.88. The summed E-state index contributed by atoms with van der Waals surface area (Å²) in [6.07, 6.45) is 0. The number of aromatic nitrogens is 2. The molecule has 2 aromatic rings. The van der Waals surface area contributed by atoms with Gasteiger partial charge in [0.25, 0.3) is 5.56 Å². The van der Waals surface area contributed by atoms with Gasteiger partial charge in [0, 0.05) is 5.41 Å². The van der Waals surface area contributed by atoms with E-state index in [-0.39, 0.29) is 11.5 Å². The van der Waals surface area contributed by atoms with Crippen LogP contribution in [0.25, 0.3) is 5.69 Å². The predicted octanol–water partition coefficient (Wildman–Crippen LogP) is 2.78. The monoisotopic (exact) mass is 328 g/mol. The van der Waals surface area contributed by atoms with Crippen molar-refractivity contribution < 1.29 is 14.7 Å². The van der Waals surface area contributed by atoms with Crippen LogP contribution in [0.3, 0.4) is 0 Å². The third-order valence-corrected chi connectivity index (χ3v) is 3.79. The minimum atomic E-state index is -1.39. The third kappa shape index (κ3) is 3.27. The number of rotatable bonds is 3. The molecule has 0 aliphatic rings. The molecule has 0 amide bonds. The highest BCUT2D eigenvalue weighted by molar-refractivity contribution is 5.99. The van der Waals surface area contributed by atoms with Gasteiger partial charge in [0.1, 0.15) is 11.3 Å². The average Bonchev–Trinajstić information content (AvgIpc) is 2.48. The fraction of sp³-hybridized carbons (Fsp3) is 0.333. The van der Waals surface area contributed by atoms with E-state index in [1.165, 1.54) is 0 Å². The number of nitrogens with zero attached hydrogens (tertiary/aromatic N) is 2. The molecule has 6 nitrogen and oxygen atoms in total. The molecule has 1 N–H and O–H groups in total. The Bertz CT molecular complexity index is 889. The number of aromatic carboxylic acids is 1. The number of carboxylic acids is 1. The highest BCUT2D eigenvalue weighted by atomic mass is 16.4. The molecule has 24 heavy (non-hydrogen) atoms. The molecule has 0 atom stereocenters. The largest absolute Gasteiger partial charge is 0.477 e. The van der Waals surface area contributed by atoms with Crippen LogP contribution in [0.5, 0.6) is 0 Å². The normalized spacial score (nSPS) is 11.4. The van der Waals surface area contributed by atoms with Crippen LogP contribution in [0.15, 0.2) is 29.1 Å². The van der Waals surface area contributed by atoms with Gasteiger partial charge in [-0.1, -0.05) is 26.8 Å². The van der Waals surface area contributed by atoms with E-state index in [9.17, 15) is 19.5 Å². The van der Waals surface area contributed by atoms with Crippen molar-refractivity contribution >= 4 is 11.8 Å². The Morgan fingerprint density at radius 2 is 1.71 bits per heavy atom. The Hall–Kier alpha value is -2.76. The van der Waals surface area contributed by atoms with Gasteiger partial charge in [-0.2, -0.15) is 9.78 Å². The van der Waals surface area contributed by atoms with Crippen LogP contribution in [0.2, 0.25) is 0 Å². The van der Waals surface area contributed by atoms with Crippen LogP contribution >= 0.6 is 0 Å². The zero-order chi connectivity index (χ0) is 18.2. The van der Waals surface area contributed by atoms with Gasteiger partial charge in [-0.15, -0.1) is 0 Å². The van der Waals surface area contributed by atoms with Crippen molar-refractivity contribution in [3.05, 3.63) is 57.0 Å². The van der Waals surface area contributed by atoms with Crippen LogP contribution < -0.4 is 5.56 Å². The maximum absolute atomic E-state index is 12.5. The molecular formula is C18H20N2O4. The summed E-state index contributed by atoms with van der Waals surface area (Å²) in [5.41, 5.74) is 0.366. The number of hydrogen-bond acceptors (Lipinski definition) is 4. The van der Waals surface area contributed by atoms with Gasteiger partial charge in [-0.3, -0.25) is 9.59 Å². The lowest BCUT2D eigenvalue weighted by Crippen LogP contribution is -2.32. The number of benzene rings is 1. The molecule has 126 valence electrons. The smallest absolute Gasteiger partial charge is 0.341 e. The summed E-state index contributed by atoms with van der Waals surface area (Å²) in [6, 6.07) is 6.28. The molecule has 0 spiro atoms. The Kier molecular flexibility index (Phi) is 4.42. The second-order valence-corrected chi connectivity index (χ2v) is 6.81. The van der Waals surface area contributed by atoms with E-state index in [1.54, 1.807) is 32.9 Å². The van der Waals surface area contributed by atoms with E-state index in [2.05, 4.69) is 5.10 Å². The van der Waals surface area contributed by atoms with E-state index in [1.807, 2.05) is 19.9 Å². The first-order valence-corrected chi connectivity index (χ1v) is 7.52. The lowest BCUT2D eigenvalue weighted by molar-refractivity contribution is 0.0694. The first kappa shape index (κ1) is 17.6. The molecule has 0 saturated heterocycles. The van der Waals surface area contributed by atoms with Crippen molar-refractivity contribution in [2.75, 3.05) is 0 Å². The highest BCUT2D eigenvalue weighted by Crippen LogP contribution is 2.20. The number of hydrogen-bond donors (Lipinski definition) is 1. The van der Waals surface area contributed by atoms with Crippen molar-refractivity contribution in [1.82, 2.24) is 9.78 Å². The van der Waals surface area contributed by atoms with Gasteiger partial charge in [-0.25, -0.2) is 4.79 Å². The fourth-order valence-corrected chi connectivity index (χ4v) is 2.18. The summed E-state index contributed by atoms with van der Waals surface area (Å²) < 4.78 is 0.981. The van der Waals surface area contributed by atoms with Gasteiger partial charge in [-0.05, 0) is 43.2 Å². The van der Waals surface area contributed by atoms with E-state index >= 15 is 0 Å². The number of carboxylic acid groups (broad SMARTS) is 1. The molecule has 1 heterocycles. The van der Waals surface area contributed by atoms with Crippen molar-refractivity contribution in [1.29, 1.82) is 0 Å². The Labute approximate surface area is 139 Å². The minimum absolute atomic E-state index is 0.0438. The number of Topliss-reactive ketones (excluding diaryl/α,β-unsaturated/α-hetero) is 1. The first-order valence-electron chi connectivity index (χ1n) is 7.52. The molecule has 6 heteroatoms. The molecule has 2 rings (SSSR count). The Balaban J connectivity index is 2.77. The predicted molar refractivity (Wildman–Crippen MR) is 90.1 cm³/mol. The van der Waals surface area contributed by atoms with Gasteiger partial charge in [0.2, 0.25) is 0 Å². The van der Waals surface area contributed by atoms with Gasteiger partial charge in [0.15, 0.2) is 5.78 Å². The second-order valence-electron chi connectivity index (χ2n) is 6.81. The number of aryl methyl sites for hydroxylation is 2. The summed E-state index contributed by atoms with van der Waals surface area (Å²) in [6.45, 7) is 8.94. The summed E-state index contributed by atoms with van der Waals surface area (Å²) in [4.78, 5) is 36.3. The maximum atomic E-state index is 12.5. The summed E-state index contributed by atoms with van der Waals surface area (Å²) in [5.74, 6) is -1.72. The standard InChI is InChI=1S/C18H20N2O4/c1-10-6-7-12(8-11(10)2)20-16(22)13(17(23)24)9-14(19-20)15(21)18(3,4)5/h6-9H,1-5H3,(H,23,24). The fourth-order valence-electron chi connectivity index (χ4n) is 2.18. The molecule has 1 aromatic heterocycles. The first-order chi connectivity index (χ1) is 11.0. The van der Waals surface area contributed by atoms with E-state index < -0.39 is 22.5 Å².